The van der Waals surface area contributed by atoms with E-state index in [9.17, 15) is 4.79 Å². The minimum Gasteiger partial charge on any atom is -0.457 e. The Morgan fingerprint density at radius 1 is 1.04 bits per heavy atom. The molecule has 28 heavy (non-hydrogen) atoms. The van der Waals surface area contributed by atoms with Gasteiger partial charge in [-0.05, 0) is 42.5 Å². The lowest BCUT2D eigenvalue weighted by atomic mass is 10.2. The lowest BCUT2D eigenvalue weighted by Gasteiger charge is -2.05. The summed E-state index contributed by atoms with van der Waals surface area (Å²) in [6.07, 6.45) is 2.89. The van der Waals surface area contributed by atoms with Crippen LogP contribution in [0.3, 0.4) is 0 Å². The van der Waals surface area contributed by atoms with Gasteiger partial charge in [0.1, 0.15) is 22.6 Å². The van der Waals surface area contributed by atoms with Gasteiger partial charge in [0.15, 0.2) is 0 Å². The van der Waals surface area contributed by atoms with E-state index < -0.39 is 0 Å². The zero-order chi connectivity index (χ0) is 19.7. The smallest absolute Gasteiger partial charge is 0.248 e. The van der Waals surface area contributed by atoms with Gasteiger partial charge in [0, 0.05) is 11.6 Å². The Hall–Kier alpha value is -2.38. The number of rotatable bonds is 4. The molecular weight excluding hydrogens is 441 g/mol. The number of hydrogen-bond acceptors (Lipinski definition) is 5. The number of halogens is 3. The predicted octanol–water partition coefficient (Wildman–Crippen LogP) is 6.56. The lowest BCUT2D eigenvalue weighted by molar-refractivity contribution is -0.111. The fourth-order valence-corrected chi connectivity index (χ4v) is 3.69. The first kappa shape index (κ1) is 19.0. The third-order valence-electron chi connectivity index (χ3n) is 3.87. The van der Waals surface area contributed by atoms with E-state index in [1.807, 2.05) is 0 Å². The molecule has 0 bridgehead atoms. The minimum absolute atomic E-state index is 0.374. The van der Waals surface area contributed by atoms with E-state index in [0.29, 0.717) is 48.9 Å². The largest absolute Gasteiger partial charge is 0.457 e. The summed E-state index contributed by atoms with van der Waals surface area (Å²) < 4.78 is 14.0. The first-order valence-corrected chi connectivity index (χ1v) is 9.83. The molecular formula is C19H10Cl3N3O2S. The Balaban J connectivity index is 1.52. The first-order valence-electron chi connectivity index (χ1n) is 7.97. The molecule has 0 spiro atoms. The van der Waals surface area contributed by atoms with E-state index in [1.54, 1.807) is 48.5 Å². The summed E-state index contributed by atoms with van der Waals surface area (Å²) in [4.78, 5) is 12.3. The fraction of sp³-hybridized carbons (Fsp3) is 0. The molecule has 0 saturated heterocycles. The van der Waals surface area contributed by atoms with E-state index in [1.165, 1.54) is 6.08 Å². The molecule has 9 heteroatoms. The van der Waals surface area contributed by atoms with Crippen molar-refractivity contribution in [3.63, 3.8) is 0 Å². The molecule has 1 amide bonds. The van der Waals surface area contributed by atoms with Gasteiger partial charge in [-0.25, -0.2) is 0 Å². The highest BCUT2D eigenvalue weighted by Crippen LogP contribution is 2.34. The van der Waals surface area contributed by atoms with Crippen molar-refractivity contribution in [3.8, 4) is 11.3 Å². The molecule has 4 aromatic rings. The van der Waals surface area contributed by atoms with Crippen LogP contribution < -0.4 is 5.32 Å². The highest BCUT2D eigenvalue weighted by Gasteiger charge is 2.13. The summed E-state index contributed by atoms with van der Waals surface area (Å²) in [6.45, 7) is 0. The second-order valence-corrected chi connectivity index (χ2v) is 7.40. The normalized spacial score (nSPS) is 11.4. The van der Waals surface area contributed by atoms with E-state index in [4.69, 9.17) is 39.2 Å². The number of hydrogen-bond donors (Lipinski definition) is 1. The highest BCUT2D eigenvalue weighted by molar-refractivity contribution is 7.00. The van der Waals surface area contributed by atoms with Crippen LogP contribution >= 0.6 is 46.5 Å². The number of furan rings is 1. The topological polar surface area (TPSA) is 68.0 Å². The third kappa shape index (κ3) is 3.77. The van der Waals surface area contributed by atoms with E-state index >= 15 is 0 Å². The van der Waals surface area contributed by atoms with E-state index in [2.05, 4.69) is 14.1 Å². The number of carbonyl (C=O) groups is 1. The molecule has 140 valence electrons. The van der Waals surface area contributed by atoms with Gasteiger partial charge in [-0.2, -0.15) is 8.75 Å². The summed E-state index contributed by atoms with van der Waals surface area (Å²) >= 11 is 19.5. The van der Waals surface area contributed by atoms with Crippen LogP contribution in [0.4, 0.5) is 5.69 Å². The number of fused-ring (bicyclic) bond motifs is 1. The van der Waals surface area contributed by atoms with Crippen LogP contribution in [-0.2, 0) is 4.79 Å². The molecule has 0 fully saturated rings. The van der Waals surface area contributed by atoms with Gasteiger partial charge in [0.05, 0.1) is 32.5 Å². The molecule has 0 aliphatic heterocycles. The third-order valence-corrected chi connectivity index (χ3v) is 5.54. The number of carbonyl (C=O) groups excluding carboxylic acids is 1. The molecule has 4 rings (SSSR count). The summed E-state index contributed by atoms with van der Waals surface area (Å²) in [6, 6.07) is 12.2. The Labute approximate surface area is 178 Å². The number of nitrogens with one attached hydrogen (secondary N) is 1. The monoisotopic (exact) mass is 449 g/mol. The van der Waals surface area contributed by atoms with E-state index in [-0.39, 0.29) is 5.91 Å². The number of aromatic nitrogens is 2. The standard InChI is InChI=1S/C19H10Cl3N3O2S/c20-12-3-1-2-11(17(12)22)15-8-4-10(27-15)5-9-16(26)23-18-13(21)6-7-14-19(18)25-28-24-14/h1-9H,(H,23,26)/b9-5+. The molecule has 5 nitrogen and oxygen atoms in total. The maximum absolute atomic E-state index is 12.3. The summed E-state index contributed by atoms with van der Waals surface area (Å²) in [7, 11) is 0. The van der Waals surface area contributed by atoms with Gasteiger partial charge in [-0.1, -0.05) is 40.9 Å². The Bertz CT molecular complexity index is 1220. The van der Waals surface area contributed by atoms with Gasteiger partial charge in [0.25, 0.3) is 0 Å². The van der Waals surface area contributed by atoms with Gasteiger partial charge in [-0.3, -0.25) is 4.79 Å². The molecule has 2 heterocycles. The second-order valence-electron chi connectivity index (χ2n) is 5.68. The van der Waals surface area contributed by atoms with Crippen molar-refractivity contribution >= 4 is 75.2 Å². The van der Waals surface area contributed by atoms with Crippen molar-refractivity contribution in [2.45, 2.75) is 0 Å². The van der Waals surface area contributed by atoms with Crippen molar-refractivity contribution in [1.29, 1.82) is 0 Å². The van der Waals surface area contributed by atoms with Gasteiger partial charge < -0.3 is 9.73 Å². The molecule has 0 atom stereocenters. The molecule has 0 aliphatic carbocycles. The first-order chi connectivity index (χ1) is 13.5. The van der Waals surface area contributed by atoms with Crippen molar-refractivity contribution in [2.24, 2.45) is 0 Å². The molecule has 2 aromatic heterocycles. The van der Waals surface area contributed by atoms with Crippen molar-refractivity contribution in [2.75, 3.05) is 5.32 Å². The minimum atomic E-state index is -0.374. The van der Waals surface area contributed by atoms with Crippen LogP contribution in [0, 0.1) is 0 Å². The lowest BCUT2D eigenvalue weighted by Crippen LogP contribution is -2.08. The number of amides is 1. The van der Waals surface area contributed by atoms with Crippen molar-refractivity contribution in [3.05, 3.63) is 69.4 Å². The average Bonchev–Trinajstić information content (AvgIpc) is 3.34. The zero-order valence-corrected chi connectivity index (χ0v) is 17.0. The quantitative estimate of drug-likeness (QED) is 0.357. The fourth-order valence-electron chi connectivity index (χ4n) is 2.55. The summed E-state index contributed by atoms with van der Waals surface area (Å²) in [5, 5.41) is 3.97. The van der Waals surface area contributed by atoms with Crippen LogP contribution in [0.1, 0.15) is 5.76 Å². The van der Waals surface area contributed by atoms with Crippen LogP contribution in [0.25, 0.3) is 28.4 Å². The van der Waals surface area contributed by atoms with Crippen LogP contribution in [0.5, 0.6) is 0 Å². The van der Waals surface area contributed by atoms with Crippen LogP contribution in [0.2, 0.25) is 15.1 Å². The predicted molar refractivity (Wildman–Crippen MR) is 114 cm³/mol. The number of benzene rings is 2. The van der Waals surface area contributed by atoms with Gasteiger partial charge >= 0.3 is 0 Å². The average molecular weight is 451 g/mol. The Kier molecular flexibility index (Phi) is 5.37. The highest BCUT2D eigenvalue weighted by atomic mass is 35.5. The number of nitrogens with zero attached hydrogens (tertiary/aromatic N) is 2. The maximum atomic E-state index is 12.3. The number of anilines is 1. The molecule has 0 saturated carbocycles. The van der Waals surface area contributed by atoms with Crippen LogP contribution in [0.15, 0.2) is 53.0 Å². The molecule has 2 aromatic carbocycles. The SMILES string of the molecule is O=C(/C=C/c1ccc(-c2cccc(Cl)c2Cl)o1)Nc1c(Cl)ccc2nsnc12. The zero-order valence-electron chi connectivity index (χ0n) is 13.9. The van der Waals surface area contributed by atoms with E-state index in [0.717, 1.165) is 11.7 Å². The van der Waals surface area contributed by atoms with Crippen molar-refractivity contribution in [1.82, 2.24) is 8.75 Å². The molecule has 0 unspecified atom stereocenters. The second kappa shape index (κ2) is 7.93. The van der Waals surface area contributed by atoms with Gasteiger partial charge in [-0.15, -0.1) is 0 Å². The Morgan fingerprint density at radius 3 is 2.75 bits per heavy atom. The molecule has 0 aliphatic rings. The summed E-state index contributed by atoms with van der Waals surface area (Å²) in [5.74, 6) is 0.663. The van der Waals surface area contributed by atoms with Gasteiger partial charge in [0.2, 0.25) is 5.91 Å². The molecule has 1 N–H and O–H groups in total. The Morgan fingerprint density at radius 2 is 1.89 bits per heavy atom. The van der Waals surface area contributed by atoms with Crippen molar-refractivity contribution < 1.29 is 9.21 Å². The summed E-state index contributed by atoms with van der Waals surface area (Å²) in [5.41, 5.74) is 2.32. The molecule has 0 radical (unpaired) electrons. The maximum Gasteiger partial charge on any atom is 0.248 e. The van der Waals surface area contributed by atoms with Crippen LogP contribution in [-0.4, -0.2) is 14.7 Å².